The molecule has 1 unspecified atom stereocenters. The molecule has 3 aromatic carbocycles. The maximum absolute atomic E-state index is 14.1. The van der Waals surface area contributed by atoms with E-state index >= 15 is 0 Å². The second-order valence-corrected chi connectivity index (χ2v) is 7.31. The van der Waals surface area contributed by atoms with Crippen molar-refractivity contribution in [2.45, 2.75) is 11.7 Å². The summed E-state index contributed by atoms with van der Waals surface area (Å²) in [5.74, 6) is -0.366. The Morgan fingerprint density at radius 2 is 1.52 bits per heavy atom. The highest BCUT2D eigenvalue weighted by molar-refractivity contribution is 8.16. The minimum Gasteiger partial charge on any atom is -0.273 e. The number of para-hydroxylation sites is 2. The molecule has 1 saturated heterocycles. The number of carbonyl (C=O) groups excluding carboxylic acids is 1. The molecule has 1 atom stereocenters. The van der Waals surface area contributed by atoms with Gasteiger partial charge in [0.15, 0.2) is 5.17 Å². The minimum atomic E-state index is -0.412. The van der Waals surface area contributed by atoms with Gasteiger partial charge >= 0.3 is 0 Å². The van der Waals surface area contributed by atoms with E-state index < -0.39 is 5.25 Å². The summed E-state index contributed by atoms with van der Waals surface area (Å²) >= 11 is 1.38. The second-order valence-electron chi connectivity index (χ2n) is 6.14. The number of hydrogen-bond donors (Lipinski definition) is 0. The van der Waals surface area contributed by atoms with E-state index in [1.807, 2.05) is 60.7 Å². The van der Waals surface area contributed by atoms with Crippen molar-refractivity contribution in [3.63, 3.8) is 0 Å². The molecule has 0 N–H and O–H groups in total. The molecule has 0 spiro atoms. The highest BCUT2D eigenvalue weighted by Crippen LogP contribution is 2.35. The molecule has 1 aliphatic rings. The van der Waals surface area contributed by atoms with Crippen LogP contribution in [0.25, 0.3) is 0 Å². The Bertz CT molecular complexity index is 976. The molecular formula is C22H17FN2OS. The van der Waals surface area contributed by atoms with Crippen molar-refractivity contribution in [3.05, 3.63) is 96.3 Å². The highest BCUT2D eigenvalue weighted by atomic mass is 32.2. The van der Waals surface area contributed by atoms with Crippen molar-refractivity contribution < 1.29 is 9.18 Å². The van der Waals surface area contributed by atoms with E-state index in [1.54, 1.807) is 23.1 Å². The first-order valence-electron chi connectivity index (χ1n) is 8.65. The van der Waals surface area contributed by atoms with Gasteiger partial charge in [0.2, 0.25) is 5.91 Å². The number of amidine groups is 1. The van der Waals surface area contributed by atoms with E-state index in [1.165, 1.54) is 17.8 Å². The third-order valence-electron chi connectivity index (χ3n) is 4.29. The van der Waals surface area contributed by atoms with Crippen LogP contribution < -0.4 is 4.90 Å². The molecule has 1 fully saturated rings. The quantitative estimate of drug-likeness (QED) is 0.627. The Balaban J connectivity index is 1.69. The van der Waals surface area contributed by atoms with Crippen LogP contribution in [0.15, 0.2) is 89.9 Å². The van der Waals surface area contributed by atoms with Crippen LogP contribution in [0.1, 0.15) is 5.56 Å². The lowest BCUT2D eigenvalue weighted by Gasteiger charge is -2.16. The molecule has 4 rings (SSSR count). The number of hydrogen-bond acceptors (Lipinski definition) is 3. The van der Waals surface area contributed by atoms with Gasteiger partial charge in [-0.25, -0.2) is 9.38 Å². The molecule has 1 amide bonds. The van der Waals surface area contributed by atoms with Crippen molar-refractivity contribution in [3.8, 4) is 0 Å². The Labute approximate surface area is 161 Å². The molecule has 134 valence electrons. The lowest BCUT2D eigenvalue weighted by atomic mass is 10.1. The molecule has 0 radical (unpaired) electrons. The average molecular weight is 376 g/mol. The predicted octanol–water partition coefficient (Wildman–Crippen LogP) is 5.20. The van der Waals surface area contributed by atoms with Crippen LogP contribution in [0.3, 0.4) is 0 Å². The molecule has 5 heteroatoms. The summed E-state index contributed by atoms with van der Waals surface area (Å²) in [6, 6.07) is 25.6. The standard InChI is InChI=1S/C22H17FN2OS/c23-19-14-8-7-9-16(19)15-20-21(26)25(18-12-5-2-6-13-18)22(27-20)24-17-10-3-1-4-11-17/h1-14,20H,15H2. The first-order valence-corrected chi connectivity index (χ1v) is 9.53. The molecule has 0 aliphatic carbocycles. The lowest BCUT2D eigenvalue weighted by molar-refractivity contribution is -0.116. The van der Waals surface area contributed by atoms with E-state index in [4.69, 9.17) is 0 Å². The molecule has 3 nitrogen and oxygen atoms in total. The fourth-order valence-electron chi connectivity index (χ4n) is 2.97. The molecule has 0 saturated carbocycles. The number of thioether (sulfide) groups is 1. The van der Waals surface area contributed by atoms with Crippen LogP contribution in [-0.2, 0) is 11.2 Å². The summed E-state index contributed by atoms with van der Waals surface area (Å²) < 4.78 is 14.1. The van der Waals surface area contributed by atoms with Gasteiger partial charge in [0.25, 0.3) is 0 Å². The zero-order chi connectivity index (χ0) is 18.6. The zero-order valence-corrected chi connectivity index (χ0v) is 15.3. The number of rotatable bonds is 4. The van der Waals surface area contributed by atoms with E-state index in [-0.39, 0.29) is 11.7 Å². The van der Waals surface area contributed by atoms with Gasteiger partial charge in [0, 0.05) is 0 Å². The molecule has 0 bridgehead atoms. The number of carbonyl (C=O) groups is 1. The number of nitrogens with zero attached hydrogens (tertiary/aromatic N) is 2. The summed E-state index contributed by atoms with van der Waals surface area (Å²) in [6.45, 7) is 0. The Kier molecular flexibility index (Phi) is 5.03. The molecule has 0 aromatic heterocycles. The van der Waals surface area contributed by atoms with Crippen molar-refractivity contribution >= 4 is 34.2 Å². The van der Waals surface area contributed by atoms with Gasteiger partial charge in [0.05, 0.1) is 16.6 Å². The number of benzene rings is 3. The van der Waals surface area contributed by atoms with Gasteiger partial charge in [-0.1, -0.05) is 66.4 Å². The third-order valence-corrected chi connectivity index (χ3v) is 5.43. The highest BCUT2D eigenvalue weighted by Gasteiger charge is 2.39. The summed E-state index contributed by atoms with van der Waals surface area (Å²) in [6.07, 6.45) is 0.327. The normalized spacial score (nSPS) is 18.3. The van der Waals surface area contributed by atoms with Crippen molar-refractivity contribution in [2.24, 2.45) is 4.99 Å². The SMILES string of the molecule is O=C1C(Cc2ccccc2F)SC(=Nc2ccccc2)N1c1ccccc1. The lowest BCUT2D eigenvalue weighted by Crippen LogP contribution is -2.32. The van der Waals surface area contributed by atoms with E-state index in [0.29, 0.717) is 17.2 Å². The molecular weight excluding hydrogens is 359 g/mol. The number of anilines is 1. The largest absolute Gasteiger partial charge is 0.273 e. The van der Waals surface area contributed by atoms with Crippen LogP contribution in [0.5, 0.6) is 0 Å². The molecule has 1 heterocycles. The van der Waals surface area contributed by atoms with Crippen molar-refractivity contribution in [1.82, 2.24) is 0 Å². The topological polar surface area (TPSA) is 32.7 Å². The third kappa shape index (κ3) is 3.78. The average Bonchev–Trinajstić information content (AvgIpc) is 3.00. The van der Waals surface area contributed by atoms with Gasteiger partial charge in [-0.2, -0.15) is 0 Å². The summed E-state index contributed by atoms with van der Waals surface area (Å²) in [5.41, 5.74) is 2.08. The smallest absolute Gasteiger partial charge is 0.247 e. The van der Waals surface area contributed by atoms with Gasteiger partial charge in [-0.05, 0) is 42.3 Å². The van der Waals surface area contributed by atoms with Crippen LogP contribution in [-0.4, -0.2) is 16.3 Å². The van der Waals surface area contributed by atoms with Crippen LogP contribution in [0.2, 0.25) is 0 Å². The van der Waals surface area contributed by atoms with Gasteiger partial charge in [-0.3, -0.25) is 9.69 Å². The summed E-state index contributed by atoms with van der Waals surface area (Å²) in [4.78, 5) is 19.4. The van der Waals surface area contributed by atoms with E-state index in [9.17, 15) is 9.18 Å². The molecule has 1 aliphatic heterocycles. The summed E-state index contributed by atoms with van der Waals surface area (Å²) in [7, 11) is 0. The number of aliphatic imine (C=N–C) groups is 1. The maximum Gasteiger partial charge on any atom is 0.247 e. The minimum absolute atomic E-state index is 0.0795. The fraction of sp³-hybridized carbons (Fsp3) is 0.0909. The maximum atomic E-state index is 14.1. The Morgan fingerprint density at radius 3 is 2.22 bits per heavy atom. The van der Waals surface area contributed by atoms with E-state index in [2.05, 4.69) is 4.99 Å². The first-order chi connectivity index (χ1) is 13.2. The Hall–Kier alpha value is -2.92. The predicted molar refractivity (Wildman–Crippen MR) is 109 cm³/mol. The summed E-state index contributed by atoms with van der Waals surface area (Å²) in [5, 5.41) is 0.198. The van der Waals surface area contributed by atoms with E-state index in [0.717, 1.165) is 11.4 Å². The van der Waals surface area contributed by atoms with Gasteiger partial charge in [0.1, 0.15) is 5.82 Å². The van der Waals surface area contributed by atoms with Crippen LogP contribution in [0, 0.1) is 5.82 Å². The monoisotopic (exact) mass is 376 g/mol. The fourth-order valence-corrected chi connectivity index (χ4v) is 4.15. The van der Waals surface area contributed by atoms with Crippen LogP contribution in [0.4, 0.5) is 15.8 Å². The van der Waals surface area contributed by atoms with Crippen molar-refractivity contribution in [1.29, 1.82) is 0 Å². The molecule has 3 aromatic rings. The number of halogens is 1. The first kappa shape index (κ1) is 17.5. The van der Waals surface area contributed by atoms with Gasteiger partial charge in [-0.15, -0.1) is 0 Å². The number of amides is 1. The van der Waals surface area contributed by atoms with Crippen molar-refractivity contribution in [2.75, 3.05) is 4.90 Å². The zero-order valence-electron chi connectivity index (χ0n) is 14.5. The second kappa shape index (κ2) is 7.76. The molecule has 27 heavy (non-hydrogen) atoms. The Morgan fingerprint density at radius 1 is 0.889 bits per heavy atom. The van der Waals surface area contributed by atoms with Crippen LogP contribution >= 0.6 is 11.8 Å². The van der Waals surface area contributed by atoms with Gasteiger partial charge < -0.3 is 0 Å².